The number of anilines is 1. The first-order valence-corrected chi connectivity index (χ1v) is 6.54. The van der Waals surface area contributed by atoms with Gasteiger partial charge in [-0.3, -0.25) is 0 Å². The molecule has 0 radical (unpaired) electrons. The molecular weight excluding hydrogens is 236 g/mol. The molecular formula is C11H18N4OS. The molecule has 1 heterocycles. The van der Waals surface area contributed by atoms with Crippen LogP contribution in [-0.4, -0.2) is 33.4 Å². The molecule has 1 rings (SSSR count). The van der Waals surface area contributed by atoms with E-state index in [1.807, 2.05) is 26.8 Å². The Kier molecular flexibility index (Phi) is 5.76. The van der Waals surface area contributed by atoms with Gasteiger partial charge in [-0.05, 0) is 20.8 Å². The smallest absolute Gasteiger partial charge is 0.322 e. The lowest BCUT2D eigenvalue weighted by molar-refractivity contribution is 0.219. The molecule has 0 unspecified atom stereocenters. The second-order valence-electron chi connectivity index (χ2n) is 3.52. The number of hydrogen-bond acceptors (Lipinski definition) is 6. The Morgan fingerprint density at radius 3 is 2.76 bits per heavy atom. The maximum atomic E-state index is 5.48. The SMILES string of the molecule is C=CCSc1nc(NCC)nc(OC(C)C)n1. The fourth-order valence-corrected chi connectivity index (χ4v) is 1.60. The Labute approximate surface area is 106 Å². The summed E-state index contributed by atoms with van der Waals surface area (Å²) in [7, 11) is 0. The van der Waals surface area contributed by atoms with Crippen molar-refractivity contribution in [3.8, 4) is 6.01 Å². The summed E-state index contributed by atoms with van der Waals surface area (Å²) in [6.45, 7) is 10.3. The molecule has 17 heavy (non-hydrogen) atoms. The van der Waals surface area contributed by atoms with Gasteiger partial charge in [-0.25, -0.2) is 0 Å². The highest BCUT2D eigenvalue weighted by Crippen LogP contribution is 2.18. The average molecular weight is 254 g/mol. The van der Waals surface area contributed by atoms with Crippen LogP contribution in [0.2, 0.25) is 0 Å². The molecule has 0 saturated carbocycles. The van der Waals surface area contributed by atoms with Gasteiger partial charge in [0, 0.05) is 12.3 Å². The minimum atomic E-state index is 0.0455. The molecule has 0 aliphatic carbocycles. The van der Waals surface area contributed by atoms with Gasteiger partial charge in [0.05, 0.1) is 6.10 Å². The van der Waals surface area contributed by atoms with E-state index in [2.05, 4.69) is 26.8 Å². The first kappa shape index (κ1) is 13.8. The average Bonchev–Trinajstić information content (AvgIpc) is 2.25. The summed E-state index contributed by atoms with van der Waals surface area (Å²) >= 11 is 1.50. The molecule has 0 bridgehead atoms. The van der Waals surface area contributed by atoms with Gasteiger partial charge in [0.2, 0.25) is 5.95 Å². The van der Waals surface area contributed by atoms with Crippen LogP contribution in [0.3, 0.4) is 0 Å². The van der Waals surface area contributed by atoms with Crippen LogP contribution in [-0.2, 0) is 0 Å². The maximum Gasteiger partial charge on any atom is 0.322 e. The highest BCUT2D eigenvalue weighted by molar-refractivity contribution is 7.99. The molecule has 0 amide bonds. The number of nitrogens with one attached hydrogen (secondary N) is 1. The Hall–Kier alpha value is -1.30. The molecule has 5 nitrogen and oxygen atoms in total. The number of aromatic nitrogens is 3. The Morgan fingerprint density at radius 1 is 1.41 bits per heavy atom. The van der Waals surface area contributed by atoms with Crippen molar-refractivity contribution in [3.05, 3.63) is 12.7 Å². The van der Waals surface area contributed by atoms with Crippen LogP contribution in [0.5, 0.6) is 6.01 Å². The van der Waals surface area contributed by atoms with E-state index in [1.54, 1.807) is 0 Å². The fourth-order valence-electron chi connectivity index (χ4n) is 1.04. The first-order valence-electron chi connectivity index (χ1n) is 5.56. The van der Waals surface area contributed by atoms with Gasteiger partial charge >= 0.3 is 6.01 Å². The van der Waals surface area contributed by atoms with E-state index >= 15 is 0 Å². The summed E-state index contributed by atoms with van der Waals surface area (Å²) in [6, 6.07) is 0.359. The van der Waals surface area contributed by atoms with Crippen molar-refractivity contribution in [2.24, 2.45) is 0 Å². The maximum absolute atomic E-state index is 5.48. The van der Waals surface area contributed by atoms with Gasteiger partial charge in [0.1, 0.15) is 0 Å². The highest BCUT2D eigenvalue weighted by atomic mass is 32.2. The van der Waals surface area contributed by atoms with Gasteiger partial charge in [0.25, 0.3) is 0 Å². The second kappa shape index (κ2) is 7.11. The number of rotatable bonds is 7. The predicted octanol–water partition coefficient (Wildman–Crippen LogP) is 2.37. The van der Waals surface area contributed by atoms with Crippen LogP contribution in [0.4, 0.5) is 5.95 Å². The van der Waals surface area contributed by atoms with Crippen LogP contribution in [0.25, 0.3) is 0 Å². The Balaban J connectivity index is 2.87. The summed E-state index contributed by atoms with van der Waals surface area (Å²) in [5, 5.41) is 3.70. The van der Waals surface area contributed by atoms with Crippen molar-refractivity contribution in [1.82, 2.24) is 15.0 Å². The van der Waals surface area contributed by atoms with Crippen molar-refractivity contribution in [1.29, 1.82) is 0 Å². The molecule has 0 aliphatic rings. The number of thioether (sulfide) groups is 1. The van der Waals surface area contributed by atoms with Crippen molar-refractivity contribution >= 4 is 17.7 Å². The third-order valence-electron chi connectivity index (χ3n) is 1.60. The van der Waals surface area contributed by atoms with E-state index in [0.717, 1.165) is 12.3 Å². The molecule has 1 N–H and O–H groups in total. The minimum absolute atomic E-state index is 0.0455. The second-order valence-corrected chi connectivity index (χ2v) is 4.51. The Bertz CT molecular complexity index is 370. The zero-order valence-electron chi connectivity index (χ0n) is 10.4. The normalized spacial score (nSPS) is 10.4. The predicted molar refractivity (Wildman–Crippen MR) is 70.7 cm³/mol. The topological polar surface area (TPSA) is 59.9 Å². The summed E-state index contributed by atoms with van der Waals surface area (Å²) in [5.74, 6) is 1.31. The van der Waals surface area contributed by atoms with E-state index in [-0.39, 0.29) is 6.10 Å². The lowest BCUT2D eigenvalue weighted by Crippen LogP contribution is -2.12. The Morgan fingerprint density at radius 2 is 2.18 bits per heavy atom. The molecule has 0 fully saturated rings. The lowest BCUT2D eigenvalue weighted by Gasteiger charge is -2.10. The van der Waals surface area contributed by atoms with E-state index in [4.69, 9.17) is 4.74 Å². The summed E-state index contributed by atoms with van der Waals surface area (Å²) in [4.78, 5) is 12.7. The first-order chi connectivity index (χ1) is 8.15. The third-order valence-corrected chi connectivity index (χ3v) is 2.44. The van der Waals surface area contributed by atoms with Crippen LogP contribution in [0.15, 0.2) is 17.8 Å². The van der Waals surface area contributed by atoms with Gasteiger partial charge in [-0.1, -0.05) is 17.8 Å². The number of hydrogen-bond donors (Lipinski definition) is 1. The molecule has 0 spiro atoms. The lowest BCUT2D eigenvalue weighted by atomic mass is 10.5. The summed E-state index contributed by atoms with van der Waals surface area (Å²) < 4.78 is 5.48. The van der Waals surface area contributed by atoms with Gasteiger partial charge in [-0.2, -0.15) is 15.0 Å². The van der Waals surface area contributed by atoms with Crippen molar-refractivity contribution in [3.63, 3.8) is 0 Å². The van der Waals surface area contributed by atoms with Crippen LogP contribution >= 0.6 is 11.8 Å². The van der Waals surface area contributed by atoms with Gasteiger partial charge in [0.15, 0.2) is 5.16 Å². The molecule has 0 aromatic carbocycles. The van der Waals surface area contributed by atoms with E-state index in [0.29, 0.717) is 17.1 Å². The van der Waals surface area contributed by atoms with Gasteiger partial charge < -0.3 is 10.1 Å². The van der Waals surface area contributed by atoms with Gasteiger partial charge in [-0.15, -0.1) is 6.58 Å². The van der Waals surface area contributed by atoms with E-state index in [1.165, 1.54) is 11.8 Å². The molecule has 0 atom stereocenters. The molecule has 1 aromatic rings. The minimum Gasteiger partial charge on any atom is -0.461 e. The van der Waals surface area contributed by atoms with Crippen LogP contribution < -0.4 is 10.1 Å². The van der Waals surface area contributed by atoms with Crippen molar-refractivity contribution in [2.45, 2.75) is 32.0 Å². The number of ether oxygens (including phenoxy) is 1. The largest absolute Gasteiger partial charge is 0.461 e. The summed E-state index contributed by atoms with van der Waals surface area (Å²) in [6.07, 6.45) is 1.86. The molecule has 94 valence electrons. The van der Waals surface area contributed by atoms with Crippen molar-refractivity contribution < 1.29 is 4.74 Å². The molecule has 0 saturated heterocycles. The zero-order chi connectivity index (χ0) is 12.7. The van der Waals surface area contributed by atoms with Crippen molar-refractivity contribution in [2.75, 3.05) is 17.6 Å². The molecule has 1 aromatic heterocycles. The third kappa shape index (κ3) is 5.04. The monoisotopic (exact) mass is 254 g/mol. The van der Waals surface area contributed by atoms with E-state index < -0.39 is 0 Å². The quantitative estimate of drug-likeness (QED) is 0.595. The standard InChI is InChI=1S/C11H18N4OS/c1-5-7-17-11-14-9(12-6-2)13-10(15-11)16-8(3)4/h5,8H,1,6-7H2,2-4H3,(H,12,13,14,15). The van der Waals surface area contributed by atoms with E-state index in [9.17, 15) is 0 Å². The highest BCUT2D eigenvalue weighted by Gasteiger charge is 2.08. The number of nitrogens with zero attached hydrogens (tertiary/aromatic N) is 3. The fraction of sp³-hybridized carbons (Fsp3) is 0.545. The van der Waals surface area contributed by atoms with Crippen LogP contribution in [0.1, 0.15) is 20.8 Å². The molecule has 0 aliphatic heterocycles. The molecule has 6 heteroatoms. The summed E-state index contributed by atoms with van der Waals surface area (Å²) in [5.41, 5.74) is 0. The zero-order valence-corrected chi connectivity index (χ0v) is 11.3. The van der Waals surface area contributed by atoms with Crippen LogP contribution in [0, 0.1) is 0 Å².